The summed E-state index contributed by atoms with van der Waals surface area (Å²) in [5, 5.41) is 0. The van der Waals surface area contributed by atoms with Crippen molar-refractivity contribution in [3.63, 3.8) is 0 Å². The summed E-state index contributed by atoms with van der Waals surface area (Å²) in [5.41, 5.74) is 1.95. The van der Waals surface area contributed by atoms with E-state index in [1.807, 2.05) is 18.4 Å². The summed E-state index contributed by atoms with van der Waals surface area (Å²) in [6.45, 7) is 4.74. The molecule has 0 atom stereocenters. The average molecular weight is 545 g/mol. The highest BCUT2D eigenvalue weighted by molar-refractivity contribution is 7.91. The van der Waals surface area contributed by atoms with Gasteiger partial charge in [0.25, 0.3) is 0 Å². The van der Waals surface area contributed by atoms with Gasteiger partial charge in [-0.2, -0.15) is 0 Å². The maximum absolute atomic E-state index is 12.8. The summed E-state index contributed by atoms with van der Waals surface area (Å²) >= 11 is 0. The molecule has 9 nitrogen and oxygen atoms in total. The van der Waals surface area contributed by atoms with Crippen molar-refractivity contribution in [2.24, 2.45) is 0 Å². The molecule has 0 saturated carbocycles. The Morgan fingerprint density at radius 3 is 2.08 bits per heavy atom. The summed E-state index contributed by atoms with van der Waals surface area (Å²) in [7, 11) is -7.18. The second kappa shape index (κ2) is 11.2. The molecule has 1 N–H and O–H groups in total. The van der Waals surface area contributed by atoms with Crippen LogP contribution >= 0.6 is 0 Å². The highest BCUT2D eigenvalue weighted by Crippen LogP contribution is 2.27. The summed E-state index contributed by atoms with van der Waals surface area (Å²) in [6, 6.07) is 13.3. The van der Waals surface area contributed by atoms with E-state index in [1.165, 1.54) is 12.1 Å². The molecule has 1 amide bonds. The Hall–Kier alpha value is -3.02. The second-order valence-electron chi connectivity index (χ2n) is 9.40. The van der Waals surface area contributed by atoms with Crippen LogP contribution in [0.25, 0.3) is 0 Å². The largest absolute Gasteiger partial charge is 0.342 e. The van der Waals surface area contributed by atoms with E-state index in [9.17, 15) is 21.6 Å². The molecule has 0 bridgehead atoms. The van der Waals surface area contributed by atoms with Crippen LogP contribution in [-0.2, 0) is 31.2 Å². The standard InChI is InChI=1S/C26H32N4O5S2/c1-20-3-7-23(8-4-20)36(32,33)18-17-30-16-13-27-26(30)22-11-14-29(15-12-22)25(31)19-28-37(34,35)24-9-5-21(2)6-10-24/h3-10,13,16,22,28H,11-12,14-15,17-19H2,1-2H3. The Kier molecular flexibility index (Phi) is 8.15. The maximum atomic E-state index is 12.8. The Bertz CT molecular complexity index is 1440. The molecule has 2 heterocycles. The highest BCUT2D eigenvalue weighted by atomic mass is 32.2. The quantitative estimate of drug-likeness (QED) is 0.443. The monoisotopic (exact) mass is 544 g/mol. The van der Waals surface area contributed by atoms with Crippen LogP contribution in [0.5, 0.6) is 0 Å². The average Bonchev–Trinajstić information content (AvgIpc) is 3.36. The number of nitrogens with zero attached hydrogens (tertiary/aromatic N) is 3. The molecule has 0 radical (unpaired) electrons. The molecule has 0 unspecified atom stereocenters. The minimum absolute atomic E-state index is 0.0299. The van der Waals surface area contributed by atoms with Gasteiger partial charge in [0.1, 0.15) is 5.82 Å². The zero-order valence-electron chi connectivity index (χ0n) is 21.0. The predicted octanol–water partition coefficient (Wildman–Crippen LogP) is 2.66. The topological polar surface area (TPSA) is 118 Å². The molecule has 3 aromatic rings. The smallest absolute Gasteiger partial charge is 0.241 e. The molecule has 1 aromatic heterocycles. The summed E-state index contributed by atoms with van der Waals surface area (Å²) in [6.07, 6.45) is 4.79. The Labute approximate surface area is 218 Å². The number of nitrogens with one attached hydrogen (secondary N) is 1. The van der Waals surface area contributed by atoms with Crippen LogP contribution in [0.2, 0.25) is 0 Å². The molecule has 1 saturated heterocycles. The van der Waals surface area contributed by atoms with Crippen molar-refractivity contribution in [2.75, 3.05) is 25.4 Å². The molecule has 4 rings (SSSR count). The van der Waals surface area contributed by atoms with E-state index in [1.54, 1.807) is 53.7 Å². The van der Waals surface area contributed by atoms with E-state index in [0.717, 1.165) is 17.0 Å². The lowest BCUT2D eigenvalue weighted by Crippen LogP contribution is -2.44. The van der Waals surface area contributed by atoms with Gasteiger partial charge in [-0.15, -0.1) is 0 Å². The van der Waals surface area contributed by atoms with E-state index < -0.39 is 19.9 Å². The van der Waals surface area contributed by atoms with Crippen LogP contribution in [0.3, 0.4) is 0 Å². The first-order valence-electron chi connectivity index (χ1n) is 12.2. The molecule has 11 heteroatoms. The highest BCUT2D eigenvalue weighted by Gasteiger charge is 2.27. The number of carbonyl (C=O) groups excluding carboxylic acids is 1. The first-order valence-corrected chi connectivity index (χ1v) is 15.3. The van der Waals surface area contributed by atoms with Gasteiger partial charge in [-0.3, -0.25) is 4.79 Å². The molecule has 1 aliphatic heterocycles. The molecule has 0 aliphatic carbocycles. The third kappa shape index (κ3) is 6.65. The molecule has 2 aromatic carbocycles. The van der Waals surface area contributed by atoms with Gasteiger partial charge in [0, 0.05) is 37.9 Å². The fourth-order valence-corrected chi connectivity index (χ4v) is 6.61. The van der Waals surface area contributed by atoms with Gasteiger partial charge < -0.3 is 9.47 Å². The number of amides is 1. The third-order valence-corrected chi connectivity index (χ3v) is 9.81. The second-order valence-corrected chi connectivity index (χ2v) is 13.3. The fraction of sp³-hybridized carbons (Fsp3) is 0.385. The fourth-order valence-electron chi connectivity index (χ4n) is 4.41. The van der Waals surface area contributed by atoms with Gasteiger partial charge in [-0.1, -0.05) is 35.4 Å². The number of aromatic nitrogens is 2. The SMILES string of the molecule is Cc1ccc(S(=O)(=O)CCn2ccnc2C2CCN(C(=O)CNS(=O)(=O)c3ccc(C)cc3)CC2)cc1. The number of rotatable bonds is 9. The van der Waals surface area contributed by atoms with Gasteiger partial charge in [-0.05, 0) is 51.0 Å². The first-order chi connectivity index (χ1) is 17.5. The lowest BCUT2D eigenvalue weighted by atomic mass is 9.96. The Morgan fingerprint density at radius 2 is 1.49 bits per heavy atom. The summed E-state index contributed by atoms with van der Waals surface area (Å²) in [4.78, 5) is 19.2. The first kappa shape index (κ1) is 27.0. The lowest BCUT2D eigenvalue weighted by molar-refractivity contribution is -0.131. The summed E-state index contributed by atoms with van der Waals surface area (Å²) in [5.74, 6) is 0.594. The van der Waals surface area contributed by atoms with Gasteiger partial charge in [0.15, 0.2) is 9.84 Å². The van der Waals surface area contributed by atoms with Crippen molar-refractivity contribution in [3.8, 4) is 0 Å². The van der Waals surface area contributed by atoms with E-state index in [0.29, 0.717) is 37.4 Å². The van der Waals surface area contributed by atoms with E-state index in [4.69, 9.17) is 0 Å². The molecule has 198 valence electrons. The van der Waals surface area contributed by atoms with Crippen molar-refractivity contribution in [1.29, 1.82) is 0 Å². The minimum atomic E-state index is -3.76. The van der Waals surface area contributed by atoms with Crippen molar-refractivity contribution in [2.45, 2.75) is 48.9 Å². The van der Waals surface area contributed by atoms with Gasteiger partial charge in [-0.25, -0.2) is 26.5 Å². The Balaban J connectivity index is 1.30. The van der Waals surface area contributed by atoms with Gasteiger partial charge >= 0.3 is 0 Å². The van der Waals surface area contributed by atoms with Crippen molar-refractivity contribution in [3.05, 3.63) is 77.9 Å². The predicted molar refractivity (Wildman–Crippen MR) is 140 cm³/mol. The zero-order chi connectivity index (χ0) is 26.6. The van der Waals surface area contributed by atoms with E-state index >= 15 is 0 Å². The number of hydrogen-bond donors (Lipinski definition) is 1. The number of sulfonamides is 1. The molecule has 1 fully saturated rings. The number of benzene rings is 2. The number of hydrogen-bond acceptors (Lipinski definition) is 6. The van der Waals surface area contributed by atoms with E-state index in [-0.39, 0.29) is 29.0 Å². The van der Waals surface area contributed by atoms with Crippen LogP contribution in [0, 0.1) is 13.8 Å². The zero-order valence-corrected chi connectivity index (χ0v) is 22.6. The number of aryl methyl sites for hydroxylation is 3. The molecule has 37 heavy (non-hydrogen) atoms. The molecule has 1 aliphatic rings. The lowest BCUT2D eigenvalue weighted by Gasteiger charge is -2.32. The van der Waals surface area contributed by atoms with Crippen LogP contribution in [-0.4, -0.2) is 62.6 Å². The number of imidazole rings is 1. The summed E-state index contributed by atoms with van der Waals surface area (Å²) < 4.78 is 54.7. The van der Waals surface area contributed by atoms with E-state index in [2.05, 4.69) is 9.71 Å². The number of piperidine rings is 1. The minimum Gasteiger partial charge on any atom is -0.342 e. The number of carbonyl (C=O) groups is 1. The van der Waals surface area contributed by atoms with Gasteiger partial charge in [0.05, 0.1) is 22.1 Å². The molecule has 0 spiro atoms. The van der Waals surface area contributed by atoms with Crippen LogP contribution < -0.4 is 4.72 Å². The van der Waals surface area contributed by atoms with Crippen molar-refractivity contribution < 1.29 is 21.6 Å². The van der Waals surface area contributed by atoms with Crippen molar-refractivity contribution >= 4 is 25.8 Å². The number of sulfone groups is 1. The normalized spacial score (nSPS) is 15.1. The van der Waals surface area contributed by atoms with Crippen molar-refractivity contribution in [1.82, 2.24) is 19.2 Å². The maximum Gasteiger partial charge on any atom is 0.241 e. The number of likely N-dealkylation sites (tertiary alicyclic amines) is 1. The molecular formula is C26H32N4O5S2. The van der Waals surface area contributed by atoms with Crippen LogP contribution in [0.1, 0.15) is 35.7 Å². The van der Waals surface area contributed by atoms with Crippen LogP contribution in [0.15, 0.2) is 70.7 Å². The van der Waals surface area contributed by atoms with Crippen LogP contribution in [0.4, 0.5) is 0 Å². The van der Waals surface area contributed by atoms with Gasteiger partial charge in [0.2, 0.25) is 15.9 Å². The Morgan fingerprint density at radius 1 is 0.919 bits per heavy atom. The molecular weight excluding hydrogens is 512 g/mol. The third-order valence-electron chi connectivity index (χ3n) is 6.69.